The van der Waals surface area contributed by atoms with Crippen LogP contribution in [-0.2, 0) is 16.4 Å². The normalized spacial score (nSPS) is 13.1. The minimum absolute atomic E-state index is 0.0795. The van der Waals surface area contributed by atoms with E-state index >= 15 is 0 Å². The minimum Gasteiger partial charge on any atom is -0.349 e. The molecule has 0 aliphatic carbocycles. The van der Waals surface area contributed by atoms with Crippen molar-refractivity contribution in [1.29, 1.82) is 0 Å². The van der Waals surface area contributed by atoms with Gasteiger partial charge in [-0.2, -0.15) is 13.2 Å². The van der Waals surface area contributed by atoms with E-state index in [0.29, 0.717) is 0 Å². The Bertz CT molecular complexity index is 540. The third kappa shape index (κ3) is 4.40. The fourth-order valence-corrected chi connectivity index (χ4v) is 1.72. The molecule has 0 fully saturated rings. The summed E-state index contributed by atoms with van der Waals surface area (Å²) < 4.78 is 64.2. The molecule has 1 rings (SSSR count). The second-order valence-electron chi connectivity index (χ2n) is 5.45. The smallest absolute Gasteiger partial charge is 0.349 e. The Hall–Kier alpha value is -1.70. The Labute approximate surface area is 124 Å². The molecule has 1 amide bonds. The standard InChI is InChI=1S/C14H17F5N2O/c1-12(2,11(22)21-8-13(15,16)7-20)9-4-3-5-10(6-9)14(17,18)19/h3-6H,7-8,20H2,1-2H3,(H,21,22). The van der Waals surface area contributed by atoms with Gasteiger partial charge in [0, 0.05) is 0 Å². The molecule has 0 aliphatic heterocycles. The van der Waals surface area contributed by atoms with Crippen LogP contribution < -0.4 is 11.1 Å². The van der Waals surface area contributed by atoms with Gasteiger partial charge in [0.2, 0.25) is 5.91 Å². The molecule has 3 N–H and O–H groups in total. The summed E-state index contributed by atoms with van der Waals surface area (Å²) >= 11 is 0. The first-order valence-electron chi connectivity index (χ1n) is 6.44. The van der Waals surface area contributed by atoms with Crippen LogP contribution >= 0.6 is 0 Å². The van der Waals surface area contributed by atoms with Gasteiger partial charge in [0.15, 0.2) is 0 Å². The van der Waals surface area contributed by atoms with Crippen molar-refractivity contribution in [3.8, 4) is 0 Å². The fourth-order valence-electron chi connectivity index (χ4n) is 1.72. The van der Waals surface area contributed by atoms with Gasteiger partial charge in [-0.1, -0.05) is 18.2 Å². The molecule has 1 aromatic carbocycles. The highest BCUT2D eigenvalue weighted by atomic mass is 19.4. The molecule has 1 aromatic rings. The summed E-state index contributed by atoms with van der Waals surface area (Å²) in [5.74, 6) is -4.07. The number of benzene rings is 1. The van der Waals surface area contributed by atoms with Gasteiger partial charge >= 0.3 is 6.18 Å². The number of nitrogens with two attached hydrogens (primary N) is 1. The van der Waals surface area contributed by atoms with Gasteiger partial charge in [0.25, 0.3) is 5.92 Å². The second-order valence-corrected chi connectivity index (χ2v) is 5.45. The largest absolute Gasteiger partial charge is 0.416 e. The molecule has 124 valence electrons. The SMILES string of the molecule is CC(C)(C(=O)NCC(F)(F)CN)c1cccc(C(F)(F)F)c1. The molecule has 3 nitrogen and oxygen atoms in total. The molecular formula is C14H17F5N2O. The molecule has 0 bridgehead atoms. The highest BCUT2D eigenvalue weighted by molar-refractivity contribution is 5.87. The Morgan fingerprint density at radius 2 is 1.68 bits per heavy atom. The lowest BCUT2D eigenvalue weighted by Crippen LogP contribution is -2.47. The summed E-state index contributed by atoms with van der Waals surface area (Å²) in [5.41, 5.74) is 2.63. The van der Waals surface area contributed by atoms with E-state index in [1.54, 1.807) is 0 Å². The van der Waals surface area contributed by atoms with Crippen molar-refractivity contribution >= 4 is 5.91 Å². The summed E-state index contributed by atoms with van der Waals surface area (Å²) in [4.78, 5) is 12.0. The number of alkyl halides is 5. The first kappa shape index (κ1) is 18.3. The van der Waals surface area contributed by atoms with Crippen molar-refractivity contribution in [3.63, 3.8) is 0 Å². The van der Waals surface area contributed by atoms with Crippen molar-refractivity contribution in [3.05, 3.63) is 35.4 Å². The highest BCUT2D eigenvalue weighted by Crippen LogP contribution is 2.33. The molecule has 0 saturated carbocycles. The van der Waals surface area contributed by atoms with E-state index in [0.717, 1.165) is 12.1 Å². The second kappa shape index (κ2) is 6.20. The minimum atomic E-state index is -4.55. The van der Waals surface area contributed by atoms with Gasteiger partial charge in [0.1, 0.15) is 0 Å². The molecule has 0 heterocycles. The predicted octanol–water partition coefficient (Wildman–Crippen LogP) is 2.69. The number of hydrogen-bond acceptors (Lipinski definition) is 2. The van der Waals surface area contributed by atoms with Gasteiger partial charge in [-0.25, -0.2) is 8.78 Å². The van der Waals surface area contributed by atoms with E-state index in [1.165, 1.54) is 26.0 Å². The van der Waals surface area contributed by atoms with E-state index in [4.69, 9.17) is 5.73 Å². The Kier molecular flexibility index (Phi) is 5.17. The molecule has 0 radical (unpaired) electrons. The van der Waals surface area contributed by atoms with Crippen LogP contribution in [0.1, 0.15) is 25.0 Å². The molecule has 0 saturated heterocycles. The number of amides is 1. The van der Waals surface area contributed by atoms with E-state index < -0.39 is 42.1 Å². The number of nitrogens with one attached hydrogen (secondary N) is 1. The zero-order valence-corrected chi connectivity index (χ0v) is 12.1. The zero-order chi connectivity index (χ0) is 17.2. The Morgan fingerprint density at radius 1 is 1.14 bits per heavy atom. The van der Waals surface area contributed by atoms with Crippen LogP contribution in [-0.4, -0.2) is 24.9 Å². The number of halogens is 5. The molecule has 22 heavy (non-hydrogen) atoms. The average molecular weight is 324 g/mol. The molecule has 0 spiro atoms. The van der Waals surface area contributed by atoms with Gasteiger partial charge in [-0.05, 0) is 25.5 Å². The van der Waals surface area contributed by atoms with Gasteiger partial charge in [-0.15, -0.1) is 0 Å². The van der Waals surface area contributed by atoms with Gasteiger partial charge in [0.05, 0.1) is 24.1 Å². The van der Waals surface area contributed by atoms with Crippen molar-refractivity contribution in [1.82, 2.24) is 5.32 Å². The first-order chi connectivity index (χ1) is 9.90. The number of rotatable bonds is 5. The van der Waals surface area contributed by atoms with Crippen LogP contribution in [0.15, 0.2) is 24.3 Å². The van der Waals surface area contributed by atoms with E-state index in [9.17, 15) is 26.7 Å². The molecule has 0 aromatic heterocycles. The summed E-state index contributed by atoms with van der Waals surface area (Å²) in [5, 5.41) is 2.02. The molecule has 8 heteroatoms. The van der Waals surface area contributed by atoms with Crippen LogP contribution in [0.3, 0.4) is 0 Å². The van der Waals surface area contributed by atoms with Gasteiger partial charge < -0.3 is 11.1 Å². The van der Waals surface area contributed by atoms with E-state index in [-0.39, 0.29) is 5.56 Å². The van der Waals surface area contributed by atoms with Crippen LogP contribution in [0.4, 0.5) is 22.0 Å². The third-order valence-electron chi connectivity index (χ3n) is 3.29. The van der Waals surface area contributed by atoms with Crippen molar-refractivity contribution < 1.29 is 26.7 Å². The maximum absolute atomic E-state index is 13.0. The van der Waals surface area contributed by atoms with Crippen LogP contribution in [0.5, 0.6) is 0 Å². The predicted molar refractivity (Wildman–Crippen MR) is 71.5 cm³/mol. The van der Waals surface area contributed by atoms with Crippen LogP contribution in [0.25, 0.3) is 0 Å². The monoisotopic (exact) mass is 324 g/mol. The summed E-state index contributed by atoms with van der Waals surface area (Å²) in [6.45, 7) is 0.818. The van der Waals surface area contributed by atoms with Gasteiger partial charge in [-0.3, -0.25) is 4.79 Å². The first-order valence-corrected chi connectivity index (χ1v) is 6.44. The topological polar surface area (TPSA) is 55.1 Å². The Morgan fingerprint density at radius 3 is 2.18 bits per heavy atom. The lowest BCUT2D eigenvalue weighted by atomic mass is 9.83. The maximum Gasteiger partial charge on any atom is 0.416 e. The summed E-state index contributed by atoms with van der Waals surface area (Å²) in [6, 6.07) is 4.22. The summed E-state index contributed by atoms with van der Waals surface area (Å²) in [7, 11) is 0. The quantitative estimate of drug-likeness (QED) is 0.818. The van der Waals surface area contributed by atoms with Crippen LogP contribution in [0, 0.1) is 0 Å². The maximum atomic E-state index is 13.0. The molecule has 0 aliphatic rings. The van der Waals surface area contributed by atoms with E-state index in [2.05, 4.69) is 0 Å². The van der Waals surface area contributed by atoms with Crippen LogP contribution in [0.2, 0.25) is 0 Å². The fraction of sp³-hybridized carbons (Fsp3) is 0.500. The zero-order valence-electron chi connectivity index (χ0n) is 12.1. The number of carbonyl (C=O) groups is 1. The highest BCUT2D eigenvalue weighted by Gasteiger charge is 2.36. The molecular weight excluding hydrogens is 307 g/mol. The molecule has 0 unspecified atom stereocenters. The third-order valence-corrected chi connectivity index (χ3v) is 3.29. The summed E-state index contributed by atoms with van der Waals surface area (Å²) in [6.07, 6.45) is -4.55. The lowest BCUT2D eigenvalue weighted by Gasteiger charge is -2.26. The van der Waals surface area contributed by atoms with Crippen molar-refractivity contribution in [2.24, 2.45) is 5.73 Å². The number of hydrogen-bond donors (Lipinski definition) is 2. The average Bonchev–Trinajstić information content (AvgIpc) is 2.44. The number of carbonyl (C=O) groups excluding carboxylic acids is 1. The Balaban J connectivity index is 2.96. The van der Waals surface area contributed by atoms with Crippen molar-refractivity contribution in [2.45, 2.75) is 31.4 Å². The lowest BCUT2D eigenvalue weighted by molar-refractivity contribution is -0.138. The molecule has 0 atom stereocenters. The van der Waals surface area contributed by atoms with Crippen molar-refractivity contribution in [2.75, 3.05) is 13.1 Å². The van der Waals surface area contributed by atoms with E-state index in [1.807, 2.05) is 5.32 Å².